The fourth-order valence-corrected chi connectivity index (χ4v) is 7.62. The molecule has 7 rings (SSSR count). The summed E-state index contributed by atoms with van der Waals surface area (Å²) >= 11 is 0. The van der Waals surface area contributed by atoms with Gasteiger partial charge in [0.15, 0.2) is 0 Å². The van der Waals surface area contributed by atoms with Gasteiger partial charge < -0.3 is 10.7 Å². The number of anilines is 1. The molecule has 45 heavy (non-hydrogen) atoms. The van der Waals surface area contributed by atoms with Gasteiger partial charge in [-0.1, -0.05) is 23.8 Å². The van der Waals surface area contributed by atoms with E-state index in [1.54, 1.807) is 30.3 Å². The van der Waals surface area contributed by atoms with Crippen molar-refractivity contribution in [1.82, 2.24) is 28.6 Å². The van der Waals surface area contributed by atoms with Crippen LogP contribution in [0.2, 0.25) is 0 Å². The topological polar surface area (TPSA) is 132 Å². The molecule has 1 fully saturated rings. The van der Waals surface area contributed by atoms with Crippen LogP contribution in [-0.4, -0.2) is 62.1 Å². The number of likely N-dealkylation sites (tertiary alicyclic amines) is 1. The second-order valence-electron chi connectivity index (χ2n) is 11.7. The number of imidazole rings is 1. The maximum Gasteiger partial charge on any atom is 0.268 e. The largest absolute Gasteiger partial charge is 0.383 e. The van der Waals surface area contributed by atoms with E-state index in [1.165, 1.54) is 23.0 Å². The molecule has 230 valence electrons. The summed E-state index contributed by atoms with van der Waals surface area (Å²) in [6.45, 7) is 5.41. The minimum Gasteiger partial charge on any atom is -0.383 e. The Morgan fingerprint density at radius 1 is 1.07 bits per heavy atom. The summed E-state index contributed by atoms with van der Waals surface area (Å²) in [5, 5.41) is 4.96. The van der Waals surface area contributed by atoms with E-state index >= 15 is 0 Å². The standard InChI is InChI=1S/C33H32FN7O3S/c1-20-5-9-26(10-6-20)45(43,44)41-30-12-7-22(18-39-13-3-4-24(34)19-39)14-23(30)15-31(41)32(42)27-17-36-40(33(27)35)25-8-11-28-29(16-25)38-21(2)37-28/h5-12,14-17,24H,3-4,13,18-19,35H2,1-2H3,(H,37,38). The van der Waals surface area contributed by atoms with E-state index in [1.807, 2.05) is 38.1 Å². The monoisotopic (exact) mass is 625 g/mol. The maximum atomic E-state index is 14.2. The van der Waals surface area contributed by atoms with Crippen molar-refractivity contribution in [2.45, 2.75) is 44.3 Å². The third-order valence-corrected chi connectivity index (χ3v) is 10.1. The Balaban J connectivity index is 1.33. The number of aryl methyl sites for hydroxylation is 2. The lowest BCUT2D eigenvalue weighted by Gasteiger charge is -2.28. The van der Waals surface area contributed by atoms with E-state index in [0.29, 0.717) is 36.1 Å². The first-order valence-corrected chi connectivity index (χ1v) is 16.2. The summed E-state index contributed by atoms with van der Waals surface area (Å²) in [4.78, 5) is 23.9. The molecule has 0 spiro atoms. The van der Waals surface area contributed by atoms with Crippen LogP contribution in [0.15, 0.2) is 77.8 Å². The lowest BCUT2D eigenvalue weighted by atomic mass is 10.1. The van der Waals surface area contributed by atoms with Crippen LogP contribution in [0.5, 0.6) is 0 Å². The van der Waals surface area contributed by atoms with Gasteiger partial charge >= 0.3 is 0 Å². The Bertz CT molecular complexity index is 2200. The zero-order valence-electron chi connectivity index (χ0n) is 24.9. The summed E-state index contributed by atoms with van der Waals surface area (Å²) in [6.07, 6.45) is 1.86. The molecule has 3 aromatic carbocycles. The van der Waals surface area contributed by atoms with Crippen LogP contribution in [0.1, 0.15) is 45.8 Å². The Morgan fingerprint density at radius 2 is 1.87 bits per heavy atom. The average Bonchev–Trinajstić information content (AvgIpc) is 3.70. The highest BCUT2D eigenvalue weighted by Crippen LogP contribution is 2.31. The zero-order valence-corrected chi connectivity index (χ0v) is 25.7. The highest BCUT2D eigenvalue weighted by Gasteiger charge is 2.30. The molecule has 4 heterocycles. The van der Waals surface area contributed by atoms with Gasteiger partial charge in [0.25, 0.3) is 10.0 Å². The van der Waals surface area contributed by atoms with Crippen LogP contribution in [0.25, 0.3) is 27.6 Å². The number of halogens is 1. The van der Waals surface area contributed by atoms with E-state index in [9.17, 15) is 17.6 Å². The van der Waals surface area contributed by atoms with Gasteiger partial charge in [0.05, 0.1) is 38.9 Å². The van der Waals surface area contributed by atoms with Gasteiger partial charge in [-0.2, -0.15) is 5.10 Å². The number of carbonyl (C=O) groups excluding carboxylic acids is 1. The molecule has 6 aromatic rings. The van der Waals surface area contributed by atoms with E-state index in [-0.39, 0.29) is 22.0 Å². The van der Waals surface area contributed by atoms with Crippen molar-refractivity contribution < 1.29 is 17.6 Å². The lowest BCUT2D eigenvalue weighted by molar-refractivity contribution is 0.103. The van der Waals surface area contributed by atoms with Crippen molar-refractivity contribution >= 4 is 43.6 Å². The molecule has 12 heteroatoms. The number of aromatic nitrogens is 5. The van der Waals surface area contributed by atoms with Crippen LogP contribution in [0.3, 0.4) is 0 Å². The first-order chi connectivity index (χ1) is 21.6. The molecule has 0 amide bonds. The van der Waals surface area contributed by atoms with Crippen molar-refractivity contribution in [2.24, 2.45) is 0 Å². The molecular formula is C33H32FN7O3S. The maximum absolute atomic E-state index is 14.2. The fourth-order valence-electron chi connectivity index (χ4n) is 6.11. The number of piperidine rings is 1. The van der Waals surface area contributed by atoms with Crippen LogP contribution in [-0.2, 0) is 16.6 Å². The Kier molecular flexibility index (Phi) is 7.05. The van der Waals surface area contributed by atoms with Gasteiger partial charge in [-0.25, -0.2) is 26.4 Å². The van der Waals surface area contributed by atoms with E-state index in [4.69, 9.17) is 5.73 Å². The smallest absolute Gasteiger partial charge is 0.268 e. The van der Waals surface area contributed by atoms with E-state index < -0.39 is 22.0 Å². The van der Waals surface area contributed by atoms with Crippen molar-refractivity contribution in [2.75, 3.05) is 18.8 Å². The number of hydrogen-bond acceptors (Lipinski definition) is 7. The van der Waals surface area contributed by atoms with Gasteiger partial charge in [0.1, 0.15) is 23.5 Å². The van der Waals surface area contributed by atoms with E-state index in [2.05, 4.69) is 20.0 Å². The lowest BCUT2D eigenvalue weighted by Crippen LogP contribution is -2.35. The molecule has 0 aliphatic carbocycles. The number of rotatable bonds is 7. The van der Waals surface area contributed by atoms with E-state index in [0.717, 1.165) is 44.9 Å². The molecule has 3 N–H and O–H groups in total. The second-order valence-corrected chi connectivity index (χ2v) is 13.5. The van der Waals surface area contributed by atoms with Crippen LogP contribution >= 0.6 is 0 Å². The number of fused-ring (bicyclic) bond motifs is 2. The molecule has 3 aromatic heterocycles. The first-order valence-electron chi connectivity index (χ1n) is 14.8. The highest BCUT2D eigenvalue weighted by molar-refractivity contribution is 7.90. The zero-order chi connectivity index (χ0) is 31.5. The van der Waals surface area contributed by atoms with Crippen LogP contribution < -0.4 is 5.73 Å². The molecule has 0 bridgehead atoms. The number of ketones is 1. The van der Waals surface area contributed by atoms with Gasteiger partial charge in [-0.3, -0.25) is 9.69 Å². The number of nitrogens with zero attached hydrogens (tertiary/aromatic N) is 5. The van der Waals surface area contributed by atoms with Gasteiger partial charge in [-0.15, -0.1) is 0 Å². The predicted octanol–water partition coefficient (Wildman–Crippen LogP) is 5.30. The number of alkyl halides is 1. The third-order valence-electron chi connectivity index (χ3n) is 8.35. The number of carbonyl (C=O) groups is 1. The van der Waals surface area contributed by atoms with Crippen LogP contribution in [0.4, 0.5) is 10.2 Å². The number of H-pyrrole nitrogens is 1. The minimum absolute atomic E-state index is 0.0536. The van der Waals surface area contributed by atoms with Gasteiger partial charge in [-0.05, 0) is 87.3 Å². The molecule has 1 saturated heterocycles. The molecule has 0 radical (unpaired) electrons. The first kappa shape index (κ1) is 28.9. The number of hydrogen-bond donors (Lipinski definition) is 2. The number of nitrogen functional groups attached to an aromatic ring is 1. The number of nitrogens with two attached hydrogens (primary N) is 1. The van der Waals surface area contributed by atoms with Gasteiger partial charge in [0, 0.05) is 18.5 Å². The Hall–Kier alpha value is -4.81. The van der Waals surface area contributed by atoms with Crippen LogP contribution in [0, 0.1) is 13.8 Å². The number of nitrogens with one attached hydrogen (secondary N) is 1. The minimum atomic E-state index is -4.19. The summed E-state index contributed by atoms with van der Waals surface area (Å²) in [5.41, 5.74) is 10.9. The quantitative estimate of drug-likeness (QED) is 0.230. The summed E-state index contributed by atoms with van der Waals surface area (Å²) in [6, 6.07) is 18.9. The normalized spacial score (nSPS) is 16.1. The molecule has 1 aliphatic heterocycles. The third kappa shape index (κ3) is 5.19. The fraction of sp³-hybridized carbons (Fsp3) is 0.242. The Morgan fingerprint density at radius 3 is 2.64 bits per heavy atom. The molecule has 1 aliphatic rings. The summed E-state index contributed by atoms with van der Waals surface area (Å²) in [7, 11) is -4.19. The molecular weight excluding hydrogens is 593 g/mol. The average molecular weight is 626 g/mol. The summed E-state index contributed by atoms with van der Waals surface area (Å²) in [5.74, 6) is 0.258. The molecule has 10 nitrogen and oxygen atoms in total. The molecule has 0 saturated carbocycles. The molecule has 1 unspecified atom stereocenters. The number of benzene rings is 3. The van der Waals surface area contributed by atoms with Gasteiger partial charge in [0.2, 0.25) is 5.78 Å². The van der Waals surface area contributed by atoms with Crippen molar-refractivity contribution in [3.63, 3.8) is 0 Å². The molecule has 1 atom stereocenters. The SMILES string of the molecule is Cc1ccc(S(=O)(=O)n2c(C(=O)c3cnn(-c4ccc5nc(C)[nH]c5c4)c3N)cc3cc(CN4CCCC(F)C4)ccc32)cc1. The van der Waals surface area contributed by atoms with Crippen molar-refractivity contribution in [3.8, 4) is 5.69 Å². The Labute approximate surface area is 259 Å². The van der Waals surface area contributed by atoms with Crippen molar-refractivity contribution in [3.05, 3.63) is 101 Å². The number of aromatic amines is 1. The predicted molar refractivity (Wildman–Crippen MR) is 171 cm³/mol. The highest BCUT2D eigenvalue weighted by atomic mass is 32.2. The second kappa shape index (κ2) is 11.0. The summed E-state index contributed by atoms with van der Waals surface area (Å²) < 4.78 is 44.9. The van der Waals surface area contributed by atoms with Crippen molar-refractivity contribution in [1.29, 1.82) is 0 Å².